The van der Waals surface area contributed by atoms with E-state index in [9.17, 15) is 4.79 Å². The van der Waals surface area contributed by atoms with Crippen molar-refractivity contribution in [2.24, 2.45) is 5.92 Å². The summed E-state index contributed by atoms with van der Waals surface area (Å²) in [7, 11) is 0. The molecule has 1 aromatic carbocycles. The maximum atomic E-state index is 12.6. The minimum absolute atomic E-state index is 0.317. The molecule has 102 valence electrons. The zero-order valence-electron chi connectivity index (χ0n) is 11.7. The second-order valence-corrected chi connectivity index (χ2v) is 6.06. The maximum Gasteiger partial charge on any atom is 0.225 e. The highest BCUT2D eigenvalue weighted by atomic mass is 16.2. The van der Waals surface area contributed by atoms with Crippen LogP contribution in [0.25, 0.3) is 0 Å². The van der Waals surface area contributed by atoms with E-state index in [0.717, 1.165) is 25.8 Å². The van der Waals surface area contributed by atoms with E-state index in [4.69, 9.17) is 0 Å². The molecule has 1 saturated carbocycles. The van der Waals surface area contributed by atoms with E-state index in [1.807, 2.05) is 0 Å². The summed E-state index contributed by atoms with van der Waals surface area (Å²) in [5, 5.41) is 0. The molecule has 2 fully saturated rings. The molecule has 1 aliphatic heterocycles. The van der Waals surface area contributed by atoms with Crippen LogP contribution in [0.2, 0.25) is 0 Å². The molecule has 1 amide bonds. The van der Waals surface area contributed by atoms with Gasteiger partial charge in [-0.15, -0.1) is 0 Å². The highest BCUT2D eigenvalue weighted by Crippen LogP contribution is 2.36. The Morgan fingerprint density at radius 1 is 1.11 bits per heavy atom. The summed E-state index contributed by atoms with van der Waals surface area (Å²) < 4.78 is 0. The molecule has 2 nitrogen and oxygen atoms in total. The van der Waals surface area contributed by atoms with Gasteiger partial charge in [0.25, 0.3) is 0 Å². The lowest BCUT2D eigenvalue weighted by molar-refractivity contribution is -0.136. The molecule has 2 aliphatic rings. The quantitative estimate of drug-likeness (QED) is 0.793. The molecule has 2 unspecified atom stereocenters. The molecule has 0 N–H and O–H groups in total. The molecule has 0 bridgehead atoms. The van der Waals surface area contributed by atoms with Gasteiger partial charge in [-0.1, -0.05) is 43.2 Å². The van der Waals surface area contributed by atoms with Crippen molar-refractivity contribution in [3.63, 3.8) is 0 Å². The second-order valence-electron chi connectivity index (χ2n) is 6.06. The molecular weight excluding hydrogens is 234 g/mol. The number of carbonyl (C=O) groups excluding carboxylic acids is 1. The van der Waals surface area contributed by atoms with Crippen molar-refractivity contribution in [2.75, 3.05) is 6.54 Å². The van der Waals surface area contributed by atoms with Gasteiger partial charge in [0.1, 0.15) is 0 Å². The number of hydrogen-bond acceptors (Lipinski definition) is 1. The van der Waals surface area contributed by atoms with Crippen molar-refractivity contribution in [3.8, 4) is 0 Å². The standard InChI is InChI=1S/C17H23NO/c1-13-16(14-7-3-2-4-8-14)11-12-18(13)17(19)15-9-5-6-10-15/h2-4,7-8,13,15-16H,5-6,9-12H2,1H3. The Bertz CT molecular complexity index is 436. The largest absolute Gasteiger partial charge is 0.339 e. The third-order valence-electron chi connectivity index (χ3n) is 4.97. The van der Waals surface area contributed by atoms with Crippen LogP contribution >= 0.6 is 0 Å². The molecule has 0 aromatic heterocycles. The molecule has 2 atom stereocenters. The average Bonchev–Trinajstić information content (AvgIpc) is 3.08. The fourth-order valence-corrected chi connectivity index (χ4v) is 3.80. The molecule has 2 heteroatoms. The Kier molecular flexibility index (Phi) is 3.58. The summed E-state index contributed by atoms with van der Waals surface area (Å²) in [5.74, 6) is 1.26. The summed E-state index contributed by atoms with van der Waals surface area (Å²) in [6, 6.07) is 11.0. The van der Waals surface area contributed by atoms with Crippen molar-refractivity contribution < 1.29 is 4.79 Å². The van der Waals surface area contributed by atoms with Crippen LogP contribution in [0, 0.1) is 5.92 Å². The van der Waals surface area contributed by atoms with E-state index in [2.05, 4.69) is 42.2 Å². The van der Waals surface area contributed by atoms with Gasteiger partial charge < -0.3 is 4.90 Å². The molecular formula is C17H23NO. The first kappa shape index (κ1) is 12.7. The Labute approximate surface area is 115 Å². The number of carbonyl (C=O) groups is 1. The van der Waals surface area contributed by atoms with Crippen LogP contribution in [0.5, 0.6) is 0 Å². The number of benzene rings is 1. The molecule has 3 rings (SSSR count). The molecule has 0 spiro atoms. The van der Waals surface area contributed by atoms with Crippen LogP contribution in [0.4, 0.5) is 0 Å². The Hall–Kier alpha value is -1.31. The van der Waals surface area contributed by atoms with E-state index < -0.39 is 0 Å². The molecule has 1 aliphatic carbocycles. The zero-order valence-corrected chi connectivity index (χ0v) is 11.7. The van der Waals surface area contributed by atoms with Gasteiger partial charge in [-0.25, -0.2) is 0 Å². The molecule has 1 aromatic rings. The van der Waals surface area contributed by atoms with Crippen LogP contribution < -0.4 is 0 Å². The monoisotopic (exact) mass is 257 g/mol. The number of hydrogen-bond donors (Lipinski definition) is 0. The van der Waals surface area contributed by atoms with Crippen LogP contribution in [0.3, 0.4) is 0 Å². The summed E-state index contributed by atoms with van der Waals surface area (Å²) in [5.41, 5.74) is 1.39. The first-order chi connectivity index (χ1) is 9.27. The Balaban J connectivity index is 1.71. The van der Waals surface area contributed by atoms with Crippen LogP contribution in [-0.2, 0) is 4.79 Å². The van der Waals surface area contributed by atoms with Gasteiger partial charge in [-0.2, -0.15) is 0 Å². The van der Waals surface area contributed by atoms with Crippen molar-refractivity contribution >= 4 is 5.91 Å². The van der Waals surface area contributed by atoms with Crippen molar-refractivity contribution in [3.05, 3.63) is 35.9 Å². The predicted molar refractivity (Wildman–Crippen MR) is 76.9 cm³/mol. The van der Waals surface area contributed by atoms with E-state index >= 15 is 0 Å². The fraction of sp³-hybridized carbons (Fsp3) is 0.588. The Morgan fingerprint density at radius 2 is 1.79 bits per heavy atom. The molecule has 19 heavy (non-hydrogen) atoms. The van der Waals surface area contributed by atoms with E-state index in [1.54, 1.807) is 0 Å². The van der Waals surface area contributed by atoms with E-state index in [1.165, 1.54) is 18.4 Å². The highest BCUT2D eigenvalue weighted by molar-refractivity contribution is 5.79. The van der Waals surface area contributed by atoms with E-state index in [0.29, 0.717) is 23.8 Å². The first-order valence-electron chi connectivity index (χ1n) is 7.63. The third kappa shape index (κ3) is 2.41. The summed E-state index contributed by atoms with van der Waals surface area (Å²) in [4.78, 5) is 14.7. The van der Waals surface area contributed by atoms with Gasteiger partial charge in [-0.3, -0.25) is 4.79 Å². The van der Waals surface area contributed by atoms with Gasteiger partial charge in [0.05, 0.1) is 0 Å². The van der Waals surface area contributed by atoms with Crippen LogP contribution in [0.15, 0.2) is 30.3 Å². The third-order valence-corrected chi connectivity index (χ3v) is 4.97. The average molecular weight is 257 g/mol. The summed E-state index contributed by atoms with van der Waals surface area (Å²) in [6.45, 7) is 3.16. The highest BCUT2D eigenvalue weighted by Gasteiger charge is 2.37. The predicted octanol–water partition coefficient (Wildman–Crippen LogP) is 3.58. The fourth-order valence-electron chi connectivity index (χ4n) is 3.80. The number of likely N-dealkylation sites (tertiary alicyclic amines) is 1. The van der Waals surface area contributed by atoms with Crippen molar-refractivity contribution in [1.82, 2.24) is 4.90 Å². The van der Waals surface area contributed by atoms with Gasteiger partial charge in [0.2, 0.25) is 5.91 Å². The maximum absolute atomic E-state index is 12.6. The normalized spacial score (nSPS) is 27.9. The number of rotatable bonds is 2. The van der Waals surface area contributed by atoms with Gasteiger partial charge in [0, 0.05) is 24.4 Å². The lowest BCUT2D eigenvalue weighted by Gasteiger charge is -2.27. The summed E-state index contributed by atoms with van der Waals surface area (Å²) in [6.07, 6.45) is 5.81. The number of nitrogens with zero attached hydrogens (tertiary/aromatic N) is 1. The zero-order chi connectivity index (χ0) is 13.2. The first-order valence-corrected chi connectivity index (χ1v) is 7.63. The van der Waals surface area contributed by atoms with Gasteiger partial charge >= 0.3 is 0 Å². The minimum Gasteiger partial charge on any atom is -0.339 e. The minimum atomic E-state index is 0.317. The van der Waals surface area contributed by atoms with Crippen molar-refractivity contribution in [1.29, 1.82) is 0 Å². The van der Waals surface area contributed by atoms with Gasteiger partial charge in [-0.05, 0) is 31.7 Å². The molecule has 1 saturated heterocycles. The molecule has 1 heterocycles. The lowest BCUT2D eigenvalue weighted by atomic mass is 9.92. The smallest absolute Gasteiger partial charge is 0.225 e. The molecule has 0 radical (unpaired) electrons. The summed E-state index contributed by atoms with van der Waals surface area (Å²) >= 11 is 0. The topological polar surface area (TPSA) is 20.3 Å². The van der Waals surface area contributed by atoms with E-state index in [-0.39, 0.29) is 0 Å². The number of amides is 1. The van der Waals surface area contributed by atoms with Gasteiger partial charge in [0.15, 0.2) is 0 Å². The second kappa shape index (κ2) is 5.36. The SMILES string of the molecule is CC1C(c2ccccc2)CCN1C(=O)C1CCCC1. The lowest BCUT2D eigenvalue weighted by Crippen LogP contribution is -2.38. The Morgan fingerprint density at radius 3 is 2.47 bits per heavy atom. The van der Waals surface area contributed by atoms with Crippen molar-refractivity contribution in [2.45, 2.75) is 51.0 Å². The van der Waals surface area contributed by atoms with Crippen LogP contribution in [0.1, 0.15) is 50.5 Å². The van der Waals surface area contributed by atoms with Crippen LogP contribution in [-0.4, -0.2) is 23.4 Å².